The van der Waals surface area contributed by atoms with Gasteiger partial charge in [0, 0.05) is 5.02 Å². The monoisotopic (exact) mass is 286 g/mol. The summed E-state index contributed by atoms with van der Waals surface area (Å²) < 4.78 is 5.81. The van der Waals surface area contributed by atoms with E-state index >= 15 is 0 Å². The molecule has 0 atom stereocenters. The number of hydrogen-bond donors (Lipinski definition) is 1. The zero-order valence-corrected chi connectivity index (χ0v) is 11.7. The average Bonchev–Trinajstić information content (AvgIpc) is 2.47. The second kappa shape index (κ2) is 6.95. The summed E-state index contributed by atoms with van der Waals surface area (Å²) in [7, 11) is 0. The number of benzene rings is 2. The molecule has 0 fully saturated rings. The third-order valence-corrected chi connectivity index (χ3v) is 3.15. The highest BCUT2D eigenvalue weighted by Crippen LogP contribution is 2.24. The molecule has 0 bridgehead atoms. The van der Waals surface area contributed by atoms with Crippen molar-refractivity contribution in [1.29, 1.82) is 5.26 Å². The minimum Gasteiger partial charge on any atom is -0.489 e. The van der Waals surface area contributed by atoms with Crippen LogP contribution in [0, 0.1) is 11.3 Å². The molecule has 0 spiro atoms. The number of nitrogens with zero attached hydrogens (tertiary/aromatic N) is 1. The van der Waals surface area contributed by atoms with Gasteiger partial charge in [-0.05, 0) is 54.4 Å². The van der Waals surface area contributed by atoms with Crippen molar-refractivity contribution in [2.45, 2.75) is 13.0 Å². The molecule has 2 rings (SSSR count). The van der Waals surface area contributed by atoms with Crippen LogP contribution in [-0.2, 0) is 13.0 Å². The number of ether oxygens (including phenoxy) is 1. The van der Waals surface area contributed by atoms with Crippen LogP contribution < -0.4 is 10.5 Å². The molecule has 0 unspecified atom stereocenters. The Morgan fingerprint density at radius 2 is 1.90 bits per heavy atom. The van der Waals surface area contributed by atoms with E-state index in [2.05, 4.69) is 6.07 Å². The van der Waals surface area contributed by atoms with Crippen molar-refractivity contribution in [2.75, 3.05) is 6.54 Å². The average molecular weight is 287 g/mol. The van der Waals surface area contributed by atoms with Crippen molar-refractivity contribution >= 4 is 11.6 Å². The molecule has 20 heavy (non-hydrogen) atoms. The van der Waals surface area contributed by atoms with Crippen LogP contribution in [0.25, 0.3) is 0 Å². The first-order valence-corrected chi connectivity index (χ1v) is 6.71. The molecule has 2 aromatic rings. The summed E-state index contributed by atoms with van der Waals surface area (Å²) in [6.07, 6.45) is 0.725. The zero-order valence-electron chi connectivity index (χ0n) is 11.0. The molecular weight excluding hydrogens is 272 g/mol. The van der Waals surface area contributed by atoms with E-state index in [-0.39, 0.29) is 0 Å². The second-order valence-electron chi connectivity index (χ2n) is 4.39. The lowest BCUT2D eigenvalue weighted by atomic mass is 10.1. The van der Waals surface area contributed by atoms with Gasteiger partial charge in [-0.1, -0.05) is 23.7 Å². The minimum atomic E-state index is 0.449. The second-order valence-corrected chi connectivity index (χ2v) is 4.82. The maximum atomic E-state index is 8.75. The van der Waals surface area contributed by atoms with Crippen molar-refractivity contribution in [3.8, 4) is 11.8 Å². The van der Waals surface area contributed by atoms with Gasteiger partial charge < -0.3 is 10.5 Å². The van der Waals surface area contributed by atoms with Gasteiger partial charge in [0.2, 0.25) is 0 Å². The lowest BCUT2D eigenvalue weighted by molar-refractivity contribution is 0.303. The quantitative estimate of drug-likeness (QED) is 0.917. The topological polar surface area (TPSA) is 59.0 Å². The molecule has 0 saturated carbocycles. The van der Waals surface area contributed by atoms with Gasteiger partial charge in [-0.25, -0.2) is 0 Å². The molecule has 0 radical (unpaired) electrons. The van der Waals surface area contributed by atoms with Crippen LogP contribution in [0.1, 0.15) is 16.7 Å². The summed E-state index contributed by atoms with van der Waals surface area (Å²) in [5.41, 5.74) is 8.25. The Morgan fingerprint density at radius 3 is 2.55 bits per heavy atom. The van der Waals surface area contributed by atoms with Crippen LogP contribution in [0.2, 0.25) is 5.02 Å². The van der Waals surface area contributed by atoms with Crippen LogP contribution in [0.3, 0.4) is 0 Å². The summed E-state index contributed by atoms with van der Waals surface area (Å²) in [5.74, 6) is 0.796. The van der Waals surface area contributed by atoms with Crippen LogP contribution in [0.4, 0.5) is 0 Å². The SMILES string of the molecule is N#Cc1ccc(COc2ccc(Cl)cc2CCN)cc1. The third kappa shape index (κ3) is 3.74. The largest absolute Gasteiger partial charge is 0.489 e. The molecule has 2 N–H and O–H groups in total. The van der Waals surface area contributed by atoms with Gasteiger partial charge in [0.25, 0.3) is 0 Å². The van der Waals surface area contributed by atoms with Gasteiger partial charge in [-0.2, -0.15) is 5.26 Å². The Labute approximate surface area is 123 Å². The predicted octanol–water partition coefficient (Wildman–Crippen LogP) is 3.29. The van der Waals surface area contributed by atoms with Gasteiger partial charge in [0.05, 0.1) is 11.6 Å². The molecule has 0 aromatic heterocycles. The molecule has 102 valence electrons. The van der Waals surface area contributed by atoms with Crippen molar-refractivity contribution in [1.82, 2.24) is 0 Å². The van der Waals surface area contributed by atoms with E-state index in [0.717, 1.165) is 23.3 Å². The van der Waals surface area contributed by atoms with Crippen LogP contribution in [-0.4, -0.2) is 6.54 Å². The Balaban J connectivity index is 2.08. The van der Waals surface area contributed by atoms with Gasteiger partial charge in [-0.3, -0.25) is 0 Å². The molecule has 3 nitrogen and oxygen atoms in total. The molecular formula is C16H15ClN2O. The molecule has 0 aliphatic heterocycles. The van der Waals surface area contributed by atoms with E-state index in [4.69, 9.17) is 27.3 Å². The zero-order chi connectivity index (χ0) is 14.4. The first-order chi connectivity index (χ1) is 9.72. The summed E-state index contributed by atoms with van der Waals surface area (Å²) in [6, 6.07) is 15.0. The number of halogens is 1. The third-order valence-electron chi connectivity index (χ3n) is 2.91. The van der Waals surface area contributed by atoms with Gasteiger partial charge in [0.1, 0.15) is 12.4 Å². The maximum absolute atomic E-state index is 8.75. The fourth-order valence-electron chi connectivity index (χ4n) is 1.88. The Morgan fingerprint density at radius 1 is 1.15 bits per heavy atom. The Kier molecular flexibility index (Phi) is 5.00. The number of nitriles is 1. The fourth-order valence-corrected chi connectivity index (χ4v) is 2.07. The standard InChI is InChI=1S/C16H15ClN2O/c17-15-5-6-16(14(9-15)7-8-18)20-11-13-3-1-12(10-19)2-4-13/h1-6,9H,7-8,11,18H2. The normalized spacial score (nSPS) is 10.1. The maximum Gasteiger partial charge on any atom is 0.123 e. The van der Waals surface area contributed by atoms with Crippen molar-refractivity contribution in [3.05, 3.63) is 64.2 Å². The lowest BCUT2D eigenvalue weighted by Gasteiger charge is -2.11. The molecule has 4 heteroatoms. The van der Waals surface area contributed by atoms with Crippen LogP contribution in [0.15, 0.2) is 42.5 Å². The molecule has 2 aromatic carbocycles. The highest BCUT2D eigenvalue weighted by molar-refractivity contribution is 6.30. The number of rotatable bonds is 5. The van der Waals surface area contributed by atoms with Crippen molar-refractivity contribution in [2.24, 2.45) is 5.73 Å². The highest BCUT2D eigenvalue weighted by atomic mass is 35.5. The first kappa shape index (κ1) is 14.4. The molecule has 0 heterocycles. The summed E-state index contributed by atoms with van der Waals surface area (Å²) in [4.78, 5) is 0. The van der Waals surface area contributed by atoms with Crippen molar-refractivity contribution in [3.63, 3.8) is 0 Å². The summed E-state index contributed by atoms with van der Waals surface area (Å²) in [5, 5.41) is 9.43. The van der Waals surface area contributed by atoms with Gasteiger partial charge in [0.15, 0.2) is 0 Å². The fraction of sp³-hybridized carbons (Fsp3) is 0.188. The van der Waals surface area contributed by atoms with E-state index in [1.165, 1.54) is 0 Å². The van der Waals surface area contributed by atoms with E-state index in [1.54, 1.807) is 18.2 Å². The summed E-state index contributed by atoms with van der Waals surface area (Å²) in [6.45, 7) is 0.998. The lowest BCUT2D eigenvalue weighted by Crippen LogP contribution is -2.05. The van der Waals surface area contributed by atoms with Crippen LogP contribution >= 0.6 is 11.6 Å². The van der Waals surface area contributed by atoms with Gasteiger partial charge >= 0.3 is 0 Å². The molecule has 0 aliphatic rings. The van der Waals surface area contributed by atoms with Gasteiger partial charge in [-0.15, -0.1) is 0 Å². The number of hydrogen-bond acceptors (Lipinski definition) is 3. The van der Waals surface area contributed by atoms with Crippen LogP contribution in [0.5, 0.6) is 5.75 Å². The van der Waals surface area contributed by atoms with E-state index < -0.39 is 0 Å². The van der Waals surface area contributed by atoms with Crippen molar-refractivity contribution < 1.29 is 4.74 Å². The molecule has 0 amide bonds. The van der Waals surface area contributed by atoms with E-state index in [0.29, 0.717) is 23.7 Å². The Hall–Kier alpha value is -2.02. The highest BCUT2D eigenvalue weighted by Gasteiger charge is 2.05. The van der Waals surface area contributed by atoms with E-state index in [9.17, 15) is 0 Å². The smallest absolute Gasteiger partial charge is 0.123 e. The molecule has 0 aliphatic carbocycles. The first-order valence-electron chi connectivity index (χ1n) is 6.33. The van der Waals surface area contributed by atoms with E-state index in [1.807, 2.05) is 24.3 Å². The minimum absolute atomic E-state index is 0.449. The number of nitrogens with two attached hydrogens (primary N) is 1. The summed E-state index contributed by atoms with van der Waals surface area (Å²) >= 11 is 5.98. The Bertz CT molecular complexity index is 617. The predicted molar refractivity (Wildman–Crippen MR) is 79.7 cm³/mol. The molecule has 0 saturated heterocycles.